The van der Waals surface area contributed by atoms with E-state index in [1.807, 2.05) is 0 Å². The van der Waals surface area contributed by atoms with Crippen LogP contribution in [0.25, 0.3) is 0 Å². The largest absolute Gasteiger partial charge is 0.340 e. The van der Waals surface area contributed by atoms with Crippen molar-refractivity contribution in [1.82, 2.24) is 19.3 Å². The highest BCUT2D eigenvalue weighted by Gasteiger charge is 2.31. The predicted molar refractivity (Wildman–Crippen MR) is 84.2 cm³/mol. The van der Waals surface area contributed by atoms with E-state index in [-0.39, 0.29) is 17.7 Å². The molecule has 1 fully saturated rings. The second-order valence-electron chi connectivity index (χ2n) is 5.75. The van der Waals surface area contributed by atoms with Crippen molar-refractivity contribution in [2.75, 3.05) is 25.4 Å². The van der Waals surface area contributed by atoms with Gasteiger partial charge in [0.2, 0.25) is 21.8 Å². The summed E-state index contributed by atoms with van der Waals surface area (Å²) in [6.45, 7) is 6.21. The Kier molecular flexibility index (Phi) is 5.74. The number of aromatic nitrogens is 2. The van der Waals surface area contributed by atoms with Crippen molar-refractivity contribution >= 4 is 15.9 Å². The molecule has 0 bridgehead atoms. The van der Waals surface area contributed by atoms with Gasteiger partial charge < -0.3 is 9.42 Å². The molecule has 130 valence electrons. The molecule has 9 heteroatoms. The molecule has 2 rings (SSSR count). The van der Waals surface area contributed by atoms with Gasteiger partial charge in [-0.1, -0.05) is 5.16 Å². The molecule has 1 amide bonds. The summed E-state index contributed by atoms with van der Waals surface area (Å²) >= 11 is 0. The van der Waals surface area contributed by atoms with Gasteiger partial charge in [-0.15, -0.1) is 0 Å². The first-order chi connectivity index (χ1) is 10.8. The van der Waals surface area contributed by atoms with Crippen LogP contribution in [-0.2, 0) is 21.2 Å². The van der Waals surface area contributed by atoms with Gasteiger partial charge in [-0.3, -0.25) is 4.79 Å². The smallest absolute Gasteiger partial charge is 0.223 e. The van der Waals surface area contributed by atoms with Crippen molar-refractivity contribution in [2.24, 2.45) is 0 Å². The zero-order valence-electron chi connectivity index (χ0n) is 13.9. The quantitative estimate of drug-likeness (QED) is 0.749. The van der Waals surface area contributed by atoms with Crippen molar-refractivity contribution in [2.45, 2.75) is 46.1 Å². The van der Waals surface area contributed by atoms with Gasteiger partial charge in [0.05, 0.1) is 5.75 Å². The molecule has 0 spiro atoms. The van der Waals surface area contributed by atoms with Crippen LogP contribution in [0.5, 0.6) is 0 Å². The molecular formula is C14H24N4O4S. The molecule has 8 nitrogen and oxygen atoms in total. The van der Waals surface area contributed by atoms with Crippen LogP contribution in [-0.4, -0.2) is 65.1 Å². The van der Waals surface area contributed by atoms with Crippen molar-refractivity contribution < 1.29 is 17.7 Å². The lowest BCUT2D eigenvalue weighted by Crippen LogP contribution is -2.52. The number of hydrogen-bond acceptors (Lipinski definition) is 6. The van der Waals surface area contributed by atoms with Crippen molar-refractivity contribution in [3.05, 3.63) is 11.7 Å². The van der Waals surface area contributed by atoms with Crippen LogP contribution >= 0.6 is 0 Å². The van der Waals surface area contributed by atoms with E-state index in [1.54, 1.807) is 18.7 Å². The number of piperidine rings is 1. The van der Waals surface area contributed by atoms with Crippen LogP contribution in [0.1, 0.15) is 38.4 Å². The predicted octanol–water partition coefficient (Wildman–Crippen LogP) is 0.583. The number of hydrogen-bond donors (Lipinski definition) is 0. The minimum absolute atomic E-state index is 0.0639. The minimum atomic E-state index is -3.22. The van der Waals surface area contributed by atoms with Gasteiger partial charge in [0.1, 0.15) is 0 Å². The normalized spacial score (nSPS) is 19.7. The zero-order valence-corrected chi connectivity index (χ0v) is 14.7. The van der Waals surface area contributed by atoms with Gasteiger partial charge in [0, 0.05) is 45.9 Å². The van der Waals surface area contributed by atoms with Gasteiger partial charge in [0.15, 0.2) is 5.82 Å². The highest BCUT2D eigenvalue weighted by Crippen LogP contribution is 2.19. The van der Waals surface area contributed by atoms with Gasteiger partial charge in [-0.2, -0.15) is 9.29 Å². The van der Waals surface area contributed by atoms with Gasteiger partial charge in [0.25, 0.3) is 0 Å². The maximum Gasteiger partial charge on any atom is 0.223 e. The monoisotopic (exact) mass is 344 g/mol. The maximum absolute atomic E-state index is 12.1. The Morgan fingerprint density at radius 3 is 2.78 bits per heavy atom. The Balaban J connectivity index is 2.03. The van der Waals surface area contributed by atoms with E-state index in [0.29, 0.717) is 37.8 Å². The second kappa shape index (κ2) is 7.39. The standard InChI is InChI=1S/C14H24N4O4S/c1-4-23(20,21)17-8-5-6-13(10-17)18(12(3)19)9-7-14-15-11(2)22-16-14/h13H,4-10H2,1-3H3. The molecule has 23 heavy (non-hydrogen) atoms. The average Bonchev–Trinajstić information content (AvgIpc) is 2.93. The van der Waals surface area contributed by atoms with Crippen LogP contribution in [0.4, 0.5) is 0 Å². The average molecular weight is 344 g/mol. The minimum Gasteiger partial charge on any atom is -0.340 e. The fourth-order valence-electron chi connectivity index (χ4n) is 2.87. The summed E-state index contributed by atoms with van der Waals surface area (Å²) in [4.78, 5) is 17.8. The van der Waals surface area contributed by atoms with E-state index < -0.39 is 10.0 Å². The third kappa shape index (κ3) is 4.51. The Hall–Kier alpha value is -1.48. The summed E-state index contributed by atoms with van der Waals surface area (Å²) in [6, 6.07) is -0.101. The van der Waals surface area contributed by atoms with E-state index in [0.717, 1.165) is 12.8 Å². The van der Waals surface area contributed by atoms with E-state index in [2.05, 4.69) is 10.1 Å². The molecule has 0 radical (unpaired) electrons. The van der Waals surface area contributed by atoms with Gasteiger partial charge in [-0.25, -0.2) is 8.42 Å². The maximum atomic E-state index is 12.1. The number of rotatable bonds is 6. The molecular weight excluding hydrogens is 320 g/mol. The molecule has 1 aromatic rings. The summed E-state index contributed by atoms with van der Waals surface area (Å²) in [5.74, 6) is 1.07. The van der Waals surface area contributed by atoms with Crippen LogP contribution in [0.3, 0.4) is 0 Å². The first-order valence-electron chi connectivity index (χ1n) is 7.87. The Bertz CT molecular complexity index is 643. The summed E-state index contributed by atoms with van der Waals surface area (Å²) in [5, 5.41) is 3.83. The number of carbonyl (C=O) groups excluding carboxylic acids is 1. The van der Waals surface area contributed by atoms with Crippen molar-refractivity contribution in [3.8, 4) is 0 Å². The first-order valence-corrected chi connectivity index (χ1v) is 9.48. The van der Waals surface area contributed by atoms with E-state index in [4.69, 9.17) is 4.52 Å². The summed E-state index contributed by atoms with van der Waals surface area (Å²) in [7, 11) is -3.22. The lowest BCUT2D eigenvalue weighted by Gasteiger charge is -2.38. The lowest BCUT2D eigenvalue weighted by atomic mass is 10.1. The third-order valence-corrected chi connectivity index (χ3v) is 5.96. The first kappa shape index (κ1) is 17.9. The summed E-state index contributed by atoms with van der Waals surface area (Å²) in [6.07, 6.45) is 2.06. The molecule has 1 aliphatic rings. The van der Waals surface area contributed by atoms with Crippen molar-refractivity contribution in [3.63, 3.8) is 0 Å². The molecule has 1 unspecified atom stereocenters. The molecule has 0 N–H and O–H groups in total. The number of aryl methyl sites for hydroxylation is 1. The molecule has 0 aliphatic carbocycles. The second-order valence-corrected chi connectivity index (χ2v) is 8.00. The summed E-state index contributed by atoms with van der Waals surface area (Å²) < 4.78 is 30.6. The zero-order chi connectivity index (χ0) is 17.0. The molecule has 1 aliphatic heterocycles. The molecule has 1 atom stereocenters. The van der Waals surface area contributed by atoms with Crippen LogP contribution < -0.4 is 0 Å². The summed E-state index contributed by atoms with van der Waals surface area (Å²) in [5.41, 5.74) is 0. The highest BCUT2D eigenvalue weighted by molar-refractivity contribution is 7.89. The van der Waals surface area contributed by atoms with Gasteiger partial charge >= 0.3 is 0 Å². The molecule has 0 saturated carbocycles. The Morgan fingerprint density at radius 2 is 2.22 bits per heavy atom. The number of carbonyl (C=O) groups is 1. The lowest BCUT2D eigenvalue weighted by molar-refractivity contribution is -0.131. The topological polar surface area (TPSA) is 96.6 Å². The molecule has 0 aromatic carbocycles. The number of sulfonamides is 1. The Morgan fingerprint density at radius 1 is 1.48 bits per heavy atom. The Labute approximate surface area is 136 Å². The number of amides is 1. The van der Waals surface area contributed by atoms with Crippen molar-refractivity contribution in [1.29, 1.82) is 0 Å². The fourth-order valence-corrected chi connectivity index (χ4v) is 4.04. The van der Waals surface area contributed by atoms with E-state index in [1.165, 1.54) is 11.2 Å². The highest BCUT2D eigenvalue weighted by atomic mass is 32.2. The molecule has 2 heterocycles. The van der Waals surface area contributed by atoms with Gasteiger partial charge in [-0.05, 0) is 19.8 Å². The molecule has 1 saturated heterocycles. The van der Waals surface area contributed by atoms with E-state index >= 15 is 0 Å². The fraction of sp³-hybridized carbons (Fsp3) is 0.786. The SMILES string of the molecule is CCS(=O)(=O)N1CCCC(N(CCc2noc(C)n2)C(C)=O)C1. The number of nitrogens with zero attached hydrogens (tertiary/aromatic N) is 4. The van der Waals surface area contributed by atoms with Crippen LogP contribution in [0, 0.1) is 6.92 Å². The van der Waals surface area contributed by atoms with E-state index in [9.17, 15) is 13.2 Å². The third-order valence-electron chi connectivity index (χ3n) is 4.11. The van der Waals surface area contributed by atoms with Crippen LogP contribution in [0.15, 0.2) is 4.52 Å². The van der Waals surface area contributed by atoms with Crippen LogP contribution in [0.2, 0.25) is 0 Å². The molecule has 1 aromatic heterocycles.